The zero-order valence-corrected chi connectivity index (χ0v) is 24.1. The number of nitrogens with one attached hydrogen (secondary N) is 1. The van der Waals surface area contributed by atoms with E-state index in [9.17, 15) is 26.8 Å². The van der Waals surface area contributed by atoms with Crippen molar-refractivity contribution in [2.24, 2.45) is 0 Å². The molecule has 1 amide bonds. The van der Waals surface area contributed by atoms with Crippen LogP contribution in [0.1, 0.15) is 6.92 Å². The Labute approximate surface area is 246 Å². The van der Waals surface area contributed by atoms with Gasteiger partial charge in [0.2, 0.25) is 11.8 Å². The van der Waals surface area contributed by atoms with Gasteiger partial charge in [0.15, 0.2) is 5.78 Å². The number of allylic oxidation sites excluding steroid dienone is 1. The Morgan fingerprint density at radius 1 is 0.953 bits per heavy atom. The minimum Gasteiger partial charge on any atom is -0.480 e. The molecule has 1 saturated heterocycles. The number of amides is 1. The number of rotatable bonds is 8. The molecule has 0 spiro atoms. The molecule has 1 N–H and O–H groups in total. The number of carbonyl (C=O) groups is 2. The molecule has 2 aromatic heterocycles. The largest absolute Gasteiger partial charge is 0.480 e. The first-order valence-corrected chi connectivity index (χ1v) is 14.7. The van der Waals surface area contributed by atoms with Gasteiger partial charge in [0, 0.05) is 67.1 Å². The molecule has 5 rings (SSSR count). The fraction of sp³-hybridized carbons (Fsp3) is 0.200. The summed E-state index contributed by atoms with van der Waals surface area (Å²) in [6.07, 6.45) is 7.56. The van der Waals surface area contributed by atoms with Crippen molar-refractivity contribution >= 4 is 43.9 Å². The van der Waals surface area contributed by atoms with Gasteiger partial charge in [-0.25, -0.2) is 22.2 Å². The van der Waals surface area contributed by atoms with E-state index in [1.54, 1.807) is 17.3 Å². The van der Waals surface area contributed by atoms with Gasteiger partial charge < -0.3 is 14.5 Å². The number of nitrogens with zero attached hydrogens (tertiary/aromatic N) is 4. The molecule has 43 heavy (non-hydrogen) atoms. The number of carbonyl (C=O) groups excluding carboxylic acids is 2. The van der Waals surface area contributed by atoms with Crippen LogP contribution < -0.4 is 14.4 Å². The third kappa shape index (κ3) is 6.46. The van der Waals surface area contributed by atoms with E-state index in [0.717, 1.165) is 28.6 Å². The number of pyridine rings is 2. The first kappa shape index (κ1) is 29.6. The zero-order chi connectivity index (χ0) is 30.7. The van der Waals surface area contributed by atoms with E-state index in [1.165, 1.54) is 38.4 Å². The van der Waals surface area contributed by atoms with Crippen molar-refractivity contribution < 1.29 is 31.5 Å². The van der Waals surface area contributed by atoms with Gasteiger partial charge in [0.25, 0.3) is 10.0 Å². The zero-order valence-electron chi connectivity index (χ0n) is 23.3. The second-order valence-electron chi connectivity index (χ2n) is 9.81. The molecule has 0 aliphatic carbocycles. The first-order chi connectivity index (χ1) is 20.6. The van der Waals surface area contributed by atoms with Crippen LogP contribution in [-0.4, -0.2) is 68.3 Å². The molecule has 1 fully saturated rings. The summed E-state index contributed by atoms with van der Waals surface area (Å²) in [7, 11) is -3.12. The Bertz CT molecular complexity index is 1860. The topological polar surface area (TPSA) is 122 Å². The Morgan fingerprint density at radius 3 is 2.42 bits per heavy atom. The number of hydrogen-bond acceptors (Lipinski definition) is 8. The monoisotopic (exact) mass is 607 g/mol. The number of sulfonamides is 1. The van der Waals surface area contributed by atoms with Gasteiger partial charge >= 0.3 is 0 Å². The molecule has 0 radical (unpaired) electrons. The Morgan fingerprint density at radius 2 is 1.72 bits per heavy atom. The number of halogens is 2. The van der Waals surface area contributed by atoms with Gasteiger partial charge in [-0.2, -0.15) is 0 Å². The van der Waals surface area contributed by atoms with Crippen molar-refractivity contribution in [1.29, 1.82) is 0 Å². The highest BCUT2D eigenvalue weighted by Gasteiger charge is 2.24. The minimum absolute atomic E-state index is 0.0293. The lowest BCUT2D eigenvalue weighted by Gasteiger charge is -2.36. The average molecular weight is 608 g/mol. The van der Waals surface area contributed by atoms with Crippen LogP contribution in [-0.2, 0) is 19.6 Å². The first-order valence-electron chi connectivity index (χ1n) is 13.2. The molecule has 4 aromatic rings. The Balaban J connectivity index is 1.43. The fourth-order valence-corrected chi connectivity index (χ4v) is 5.89. The van der Waals surface area contributed by atoms with E-state index >= 15 is 0 Å². The third-order valence-electron chi connectivity index (χ3n) is 6.94. The van der Waals surface area contributed by atoms with Crippen LogP contribution in [0.5, 0.6) is 5.88 Å². The van der Waals surface area contributed by atoms with E-state index in [4.69, 9.17) is 4.74 Å². The molecule has 2 aromatic carbocycles. The number of methoxy groups -OCH3 is 1. The van der Waals surface area contributed by atoms with Crippen LogP contribution >= 0.6 is 0 Å². The van der Waals surface area contributed by atoms with Crippen molar-refractivity contribution in [3.05, 3.63) is 84.8 Å². The van der Waals surface area contributed by atoms with E-state index in [2.05, 4.69) is 19.6 Å². The lowest BCUT2D eigenvalue weighted by atomic mass is 10.0. The lowest BCUT2D eigenvalue weighted by Crippen LogP contribution is -2.48. The van der Waals surface area contributed by atoms with Gasteiger partial charge in [-0.3, -0.25) is 19.3 Å². The minimum atomic E-state index is -4.44. The molecule has 0 atom stereocenters. The second kappa shape index (κ2) is 12.1. The van der Waals surface area contributed by atoms with Crippen molar-refractivity contribution in [2.45, 2.75) is 11.8 Å². The maximum atomic E-state index is 14.3. The molecule has 10 nitrogen and oxygen atoms in total. The quantitative estimate of drug-likeness (QED) is 0.296. The van der Waals surface area contributed by atoms with E-state index in [0.29, 0.717) is 43.4 Å². The number of piperazine rings is 1. The fourth-order valence-electron chi connectivity index (χ4n) is 4.78. The second-order valence-corrected chi connectivity index (χ2v) is 11.5. The van der Waals surface area contributed by atoms with Crippen LogP contribution in [0.4, 0.5) is 20.2 Å². The Kier molecular flexibility index (Phi) is 8.35. The molecule has 0 unspecified atom stereocenters. The van der Waals surface area contributed by atoms with Crippen molar-refractivity contribution in [3.8, 4) is 17.0 Å². The number of benzene rings is 2. The summed E-state index contributed by atoms with van der Waals surface area (Å²) >= 11 is 0. The number of fused-ring (bicyclic) bond motifs is 1. The van der Waals surface area contributed by atoms with Gasteiger partial charge in [0.05, 0.1) is 19.0 Å². The summed E-state index contributed by atoms with van der Waals surface area (Å²) < 4.78 is 61.1. The molecular weight excluding hydrogens is 580 g/mol. The summed E-state index contributed by atoms with van der Waals surface area (Å²) in [4.78, 5) is 35.3. The van der Waals surface area contributed by atoms with Gasteiger partial charge in [-0.15, -0.1) is 0 Å². The highest BCUT2D eigenvalue weighted by Crippen LogP contribution is 2.34. The highest BCUT2D eigenvalue weighted by molar-refractivity contribution is 7.92. The molecule has 0 saturated carbocycles. The number of aromatic nitrogens is 2. The van der Waals surface area contributed by atoms with Gasteiger partial charge in [0.1, 0.15) is 22.2 Å². The molecule has 1 aliphatic heterocycles. The highest BCUT2D eigenvalue weighted by atomic mass is 32.2. The van der Waals surface area contributed by atoms with Crippen LogP contribution in [0.3, 0.4) is 0 Å². The molecule has 13 heteroatoms. The lowest BCUT2D eigenvalue weighted by molar-refractivity contribution is -0.126. The average Bonchev–Trinajstić information content (AvgIpc) is 2.99. The van der Waals surface area contributed by atoms with E-state index in [-0.39, 0.29) is 23.3 Å². The molecule has 1 aliphatic rings. The van der Waals surface area contributed by atoms with Crippen LogP contribution in [0.2, 0.25) is 0 Å². The van der Waals surface area contributed by atoms with Crippen LogP contribution in [0.25, 0.3) is 21.9 Å². The van der Waals surface area contributed by atoms with E-state index < -0.39 is 26.6 Å². The van der Waals surface area contributed by atoms with Gasteiger partial charge in [-0.05, 0) is 42.8 Å². The predicted molar refractivity (Wildman–Crippen MR) is 157 cm³/mol. The molecule has 3 heterocycles. The molecular formula is C30H27F2N5O5S. The van der Waals surface area contributed by atoms with Crippen LogP contribution in [0.15, 0.2) is 78.1 Å². The molecule has 0 bridgehead atoms. The molecule has 222 valence electrons. The maximum Gasteiger partial charge on any atom is 0.264 e. The van der Waals surface area contributed by atoms with Crippen molar-refractivity contribution in [1.82, 2.24) is 14.9 Å². The normalized spacial score (nSPS) is 13.9. The van der Waals surface area contributed by atoms with Crippen LogP contribution in [0, 0.1) is 11.6 Å². The van der Waals surface area contributed by atoms with Crippen molar-refractivity contribution in [2.75, 3.05) is 42.9 Å². The number of anilines is 2. The summed E-state index contributed by atoms with van der Waals surface area (Å²) in [5.41, 5.74) is 2.10. The van der Waals surface area contributed by atoms with Crippen molar-refractivity contribution in [3.63, 3.8) is 0 Å². The van der Waals surface area contributed by atoms with E-state index in [1.807, 2.05) is 18.2 Å². The smallest absolute Gasteiger partial charge is 0.264 e. The SMILES string of the molecule is COc1ncc(-c2ccc3cncc(N4CCN(C(=O)C=CC(C)=O)CC4)c3c2)cc1NS(=O)(=O)c1ccc(F)cc1F. The van der Waals surface area contributed by atoms with Gasteiger partial charge in [-0.1, -0.05) is 12.1 Å². The third-order valence-corrected chi connectivity index (χ3v) is 8.34. The number of ether oxygens (including phenoxy) is 1. The Hall–Kier alpha value is -4.91. The summed E-state index contributed by atoms with van der Waals surface area (Å²) in [6.45, 7) is 3.44. The summed E-state index contributed by atoms with van der Waals surface area (Å²) in [5.74, 6) is -2.58. The number of ketones is 1. The summed E-state index contributed by atoms with van der Waals surface area (Å²) in [6, 6.07) is 9.36. The standard InChI is InChI=1S/C30H27F2N5O5S/c1-19(38)3-8-29(39)37-11-9-36(10-12-37)27-18-33-16-21-5-4-20(13-24(21)27)22-14-26(30(42-2)34-17-22)35-43(40,41)28-7-6-23(31)15-25(28)32/h3-8,13-18,35H,9-12H2,1-2H3. The maximum absolute atomic E-state index is 14.3. The predicted octanol–water partition coefficient (Wildman–Crippen LogP) is 4.18. The number of hydrogen-bond donors (Lipinski definition) is 1. The summed E-state index contributed by atoms with van der Waals surface area (Å²) in [5, 5.41) is 1.76.